The van der Waals surface area contributed by atoms with E-state index in [0.29, 0.717) is 12.0 Å². The number of rotatable bonds is 4. The van der Waals surface area contributed by atoms with Crippen LogP contribution >= 0.6 is 0 Å². The van der Waals surface area contributed by atoms with Crippen molar-refractivity contribution in [3.63, 3.8) is 0 Å². The lowest BCUT2D eigenvalue weighted by atomic mass is 10.1. The fourth-order valence-corrected chi connectivity index (χ4v) is 1.20. The molecule has 0 heterocycles. The van der Waals surface area contributed by atoms with Gasteiger partial charge in [0.25, 0.3) is 0 Å². The Labute approximate surface area is 95.3 Å². The second-order valence-corrected chi connectivity index (χ2v) is 3.57. The van der Waals surface area contributed by atoms with Crippen molar-refractivity contribution in [3.05, 3.63) is 59.4 Å². The molecule has 0 aromatic heterocycles. The topological polar surface area (TPSA) is 17.1 Å². The Morgan fingerprint density at radius 3 is 2.50 bits per heavy atom. The molecule has 0 aliphatic carbocycles. The van der Waals surface area contributed by atoms with Crippen LogP contribution < -0.4 is 0 Å². The van der Waals surface area contributed by atoms with Gasteiger partial charge in [-0.15, -0.1) is 0 Å². The smallest absolute Gasteiger partial charge is 0.166 e. The molecular weight excluding hydrogens is 203 g/mol. The monoisotopic (exact) mass is 218 g/mol. The number of carbonyl (C=O) groups excluding carboxylic acids is 1. The first-order chi connectivity index (χ1) is 7.63. The van der Waals surface area contributed by atoms with Crippen LogP contribution in [0.15, 0.2) is 48.1 Å². The Balaban J connectivity index is 2.60. The zero-order valence-electron chi connectivity index (χ0n) is 9.53. The summed E-state index contributed by atoms with van der Waals surface area (Å²) in [6.45, 7) is 3.92. The third kappa shape index (κ3) is 3.81. The Morgan fingerprint density at radius 2 is 1.94 bits per heavy atom. The highest BCUT2D eigenvalue weighted by Crippen LogP contribution is 2.06. The van der Waals surface area contributed by atoms with Crippen molar-refractivity contribution in [2.45, 2.75) is 20.3 Å². The first kappa shape index (κ1) is 12.4. The van der Waals surface area contributed by atoms with Gasteiger partial charge in [-0.1, -0.05) is 23.8 Å². The van der Waals surface area contributed by atoms with Crippen LogP contribution in [0.4, 0.5) is 4.39 Å². The normalized spacial score (nSPS) is 12.1. The summed E-state index contributed by atoms with van der Waals surface area (Å²) in [6.07, 6.45) is 6.04. The van der Waals surface area contributed by atoms with Crippen LogP contribution in [0.2, 0.25) is 0 Å². The summed E-state index contributed by atoms with van der Waals surface area (Å²) >= 11 is 0. The summed E-state index contributed by atoms with van der Waals surface area (Å²) in [6, 6.07) is 5.62. The summed E-state index contributed by atoms with van der Waals surface area (Å²) in [7, 11) is 0. The van der Waals surface area contributed by atoms with Gasteiger partial charge in [0.2, 0.25) is 0 Å². The lowest BCUT2D eigenvalue weighted by molar-refractivity contribution is 0.0996. The summed E-state index contributed by atoms with van der Waals surface area (Å²) in [5.41, 5.74) is 1.66. The highest BCUT2D eigenvalue weighted by molar-refractivity contribution is 5.96. The highest BCUT2D eigenvalue weighted by atomic mass is 19.1. The van der Waals surface area contributed by atoms with Crippen molar-refractivity contribution in [1.29, 1.82) is 0 Å². The molecule has 16 heavy (non-hydrogen) atoms. The molecule has 1 aromatic carbocycles. The van der Waals surface area contributed by atoms with Crippen LogP contribution in [0.5, 0.6) is 0 Å². The van der Waals surface area contributed by atoms with E-state index < -0.39 is 0 Å². The molecule has 0 aliphatic heterocycles. The van der Waals surface area contributed by atoms with E-state index in [9.17, 15) is 9.18 Å². The average Bonchev–Trinajstić information content (AvgIpc) is 2.29. The molecule has 0 amide bonds. The molecule has 0 atom stereocenters. The number of halogens is 1. The van der Waals surface area contributed by atoms with Gasteiger partial charge in [0.1, 0.15) is 5.82 Å². The van der Waals surface area contributed by atoms with E-state index >= 15 is 0 Å². The molecule has 0 saturated heterocycles. The van der Waals surface area contributed by atoms with E-state index in [1.807, 2.05) is 32.1 Å². The van der Waals surface area contributed by atoms with Crippen LogP contribution in [0.3, 0.4) is 0 Å². The van der Waals surface area contributed by atoms with E-state index in [0.717, 1.165) is 5.57 Å². The van der Waals surface area contributed by atoms with Crippen LogP contribution in [0, 0.1) is 5.82 Å². The molecule has 0 radical (unpaired) electrons. The van der Waals surface area contributed by atoms with E-state index in [4.69, 9.17) is 0 Å². The van der Waals surface area contributed by atoms with Crippen molar-refractivity contribution in [1.82, 2.24) is 0 Å². The SMILES string of the molecule is C/C=C(C)\C=C/CC(=O)c1ccc(F)cc1. The summed E-state index contributed by atoms with van der Waals surface area (Å²) in [4.78, 5) is 11.6. The molecule has 0 aliphatic rings. The first-order valence-electron chi connectivity index (χ1n) is 5.21. The van der Waals surface area contributed by atoms with Gasteiger partial charge in [0.15, 0.2) is 5.78 Å². The maximum absolute atomic E-state index is 12.6. The third-order valence-electron chi connectivity index (χ3n) is 2.31. The van der Waals surface area contributed by atoms with E-state index in [1.165, 1.54) is 24.3 Å². The number of allylic oxidation sites excluding steroid dienone is 4. The fourth-order valence-electron chi connectivity index (χ4n) is 1.20. The van der Waals surface area contributed by atoms with Crippen LogP contribution in [-0.4, -0.2) is 5.78 Å². The zero-order chi connectivity index (χ0) is 12.0. The first-order valence-corrected chi connectivity index (χ1v) is 5.21. The van der Waals surface area contributed by atoms with E-state index in [2.05, 4.69) is 0 Å². The predicted molar refractivity (Wildman–Crippen MR) is 63.9 cm³/mol. The van der Waals surface area contributed by atoms with Crippen LogP contribution in [-0.2, 0) is 0 Å². The van der Waals surface area contributed by atoms with Crippen molar-refractivity contribution >= 4 is 5.78 Å². The maximum atomic E-state index is 12.6. The van der Waals surface area contributed by atoms with Gasteiger partial charge in [0.05, 0.1) is 0 Å². The van der Waals surface area contributed by atoms with Gasteiger partial charge in [-0.2, -0.15) is 0 Å². The number of Topliss-reactive ketones (excluding diaryl/α,β-unsaturated/α-hetero) is 1. The minimum absolute atomic E-state index is 0.000142. The minimum Gasteiger partial charge on any atom is -0.294 e. The van der Waals surface area contributed by atoms with Crippen molar-refractivity contribution in [3.8, 4) is 0 Å². The molecule has 0 spiro atoms. The Kier molecular flexibility index (Phi) is 4.65. The van der Waals surface area contributed by atoms with Gasteiger partial charge in [-0.3, -0.25) is 4.79 Å². The molecule has 0 fully saturated rings. The largest absolute Gasteiger partial charge is 0.294 e. The molecule has 0 unspecified atom stereocenters. The molecule has 84 valence electrons. The maximum Gasteiger partial charge on any atom is 0.166 e. The minimum atomic E-state index is -0.322. The fraction of sp³-hybridized carbons (Fsp3) is 0.214. The van der Waals surface area contributed by atoms with Crippen molar-refractivity contribution in [2.24, 2.45) is 0 Å². The lowest BCUT2D eigenvalue weighted by Crippen LogP contribution is -1.96. The molecule has 1 rings (SSSR count). The molecule has 0 N–H and O–H groups in total. The van der Waals surface area contributed by atoms with Crippen LogP contribution in [0.25, 0.3) is 0 Å². The van der Waals surface area contributed by atoms with Crippen LogP contribution in [0.1, 0.15) is 30.6 Å². The zero-order valence-corrected chi connectivity index (χ0v) is 9.53. The summed E-state index contributed by atoms with van der Waals surface area (Å²) in [5, 5.41) is 0. The van der Waals surface area contributed by atoms with E-state index in [-0.39, 0.29) is 11.6 Å². The molecule has 2 heteroatoms. The van der Waals surface area contributed by atoms with Gasteiger partial charge in [0, 0.05) is 12.0 Å². The predicted octanol–water partition coefficient (Wildman–Crippen LogP) is 3.92. The standard InChI is InChI=1S/C14H15FO/c1-3-11(2)5-4-6-14(16)12-7-9-13(15)10-8-12/h3-5,7-10H,6H2,1-2H3/b5-4-,11-3-. The number of hydrogen-bond donors (Lipinski definition) is 0. The summed E-state index contributed by atoms with van der Waals surface area (Å²) < 4.78 is 12.6. The molecule has 1 aromatic rings. The quantitative estimate of drug-likeness (QED) is 0.553. The number of ketones is 1. The number of carbonyl (C=O) groups is 1. The van der Waals surface area contributed by atoms with Gasteiger partial charge >= 0.3 is 0 Å². The van der Waals surface area contributed by atoms with Crippen molar-refractivity contribution < 1.29 is 9.18 Å². The molecule has 1 nitrogen and oxygen atoms in total. The van der Waals surface area contributed by atoms with Gasteiger partial charge in [-0.05, 0) is 38.1 Å². The lowest BCUT2D eigenvalue weighted by Gasteiger charge is -1.97. The Morgan fingerprint density at radius 1 is 1.31 bits per heavy atom. The highest BCUT2D eigenvalue weighted by Gasteiger charge is 2.02. The number of benzene rings is 1. The van der Waals surface area contributed by atoms with Gasteiger partial charge < -0.3 is 0 Å². The second kappa shape index (κ2) is 6.01. The average molecular weight is 218 g/mol. The summed E-state index contributed by atoms with van der Waals surface area (Å²) in [5.74, 6) is -0.322. The number of hydrogen-bond acceptors (Lipinski definition) is 1. The Bertz CT molecular complexity index is 413. The third-order valence-corrected chi connectivity index (χ3v) is 2.31. The Hall–Kier alpha value is -1.70. The molecule has 0 saturated carbocycles. The second-order valence-electron chi connectivity index (χ2n) is 3.57. The molecular formula is C14H15FO. The van der Waals surface area contributed by atoms with Gasteiger partial charge in [-0.25, -0.2) is 4.39 Å². The van der Waals surface area contributed by atoms with Crippen molar-refractivity contribution in [2.75, 3.05) is 0 Å². The van der Waals surface area contributed by atoms with E-state index in [1.54, 1.807) is 0 Å². The molecule has 0 bridgehead atoms.